The van der Waals surface area contributed by atoms with Crippen LogP contribution >= 0.6 is 11.3 Å². The van der Waals surface area contributed by atoms with E-state index < -0.39 is 12.1 Å². The monoisotopic (exact) mass is 545 g/mol. The van der Waals surface area contributed by atoms with Crippen molar-refractivity contribution in [1.82, 2.24) is 0 Å². The van der Waals surface area contributed by atoms with Gasteiger partial charge in [-0.05, 0) is 107 Å². The number of ether oxygens (including phenoxy) is 2. The molecule has 1 aliphatic heterocycles. The number of carboxylic acid groups (broad SMARTS) is 1. The number of hydrogen-bond acceptors (Lipinski definition) is 6. The fraction of sp³-hybridized carbons (Fsp3) is 0.733. The zero-order valence-electron chi connectivity index (χ0n) is 22.6. The number of nitrogens with zero attached hydrogens (tertiary/aromatic N) is 1. The molecule has 2 N–H and O–H groups in total. The summed E-state index contributed by atoms with van der Waals surface area (Å²) in [6.07, 6.45) is 14.0. The largest absolute Gasteiger partial charge is 0.477 e. The van der Waals surface area contributed by atoms with Crippen LogP contribution in [0.3, 0.4) is 0 Å². The number of thiophene rings is 1. The highest BCUT2D eigenvalue weighted by Gasteiger charge is 2.38. The highest BCUT2D eigenvalue weighted by molar-refractivity contribution is 7.15. The van der Waals surface area contributed by atoms with Gasteiger partial charge in [-0.3, -0.25) is 4.79 Å². The summed E-state index contributed by atoms with van der Waals surface area (Å²) in [5.41, 5.74) is 1.54. The fourth-order valence-electron chi connectivity index (χ4n) is 6.65. The Morgan fingerprint density at radius 2 is 1.76 bits per heavy atom. The second-order valence-corrected chi connectivity index (χ2v) is 12.9. The Morgan fingerprint density at radius 3 is 2.42 bits per heavy atom. The van der Waals surface area contributed by atoms with Gasteiger partial charge in [-0.25, -0.2) is 4.79 Å². The van der Waals surface area contributed by atoms with Crippen LogP contribution in [-0.2, 0) is 14.3 Å². The van der Waals surface area contributed by atoms with E-state index in [1.165, 1.54) is 11.3 Å². The van der Waals surface area contributed by atoms with E-state index in [-0.39, 0.29) is 35.1 Å². The van der Waals surface area contributed by atoms with Crippen molar-refractivity contribution in [1.29, 1.82) is 0 Å². The van der Waals surface area contributed by atoms with Crippen molar-refractivity contribution in [3.63, 3.8) is 0 Å². The molecule has 3 aliphatic carbocycles. The van der Waals surface area contributed by atoms with Crippen LogP contribution in [0.2, 0.25) is 0 Å². The van der Waals surface area contributed by atoms with Crippen molar-refractivity contribution >= 4 is 34.5 Å². The maximum atomic E-state index is 14.1. The topological polar surface area (TPSA) is 96.3 Å². The molecule has 5 rings (SSSR count). The molecule has 0 spiro atoms. The SMILES string of the molecule is C[C@H]1CC[C@H](C(=O)N(c2cc(C3=CC(O)CCC3)sc2C(=O)O)[C@H]2CC[C@H](OC3CCCCO3)CC2)CC1. The lowest BCUT2D eigenvalue weighted by molar-refractivity contribution is -0.193. The molecule has 38 heavy (non-hydrogen) atoms. The third kappa shape index (κ3) is 6.52. The first kappa shape index (κ1) is 27.8. The summed E-state index contributed by atoms with van der Waals surface area (Å²) in [7, 11) is 0. The van der Waals surface area contributed by atoms with Gasteiger partial charge in [0.25, 0.3) is 0 Å². The van der Waals surface area contributed by atoms with Gasteiger partial charge in [0.15, 0.2) is 6.29 Å². The summed E-state index contributed by atoms with van der Waals surface area (Å²) < 4.78 is 12.0. The minimum absolute atomic E-state index is 0.0413. The maximum absolute atomic E-state index is 14.1. The van der Waals surface area contributed by atoms with E-state index in [4.69, 9.17) is 9.47 Å². The minimum Gasteiger partial charge on any atom is -0.477 e. The molecule has 0 bridgehead atoms. The average molecular weight is 546 g/mol. The van der Waals surface area contributed by atoms with Gasteiger partial charge in [0.1, 0.15) is 4.88 Å². The van der Waals surface area contributed by atoms with Crippen LogP contribution in [0, 0.1) is 11.8 Å². The van der Waals surface area contributed by atoms with Gasteiger partial charge in [0.05, 0.1) is 17.9 Å². The number of carbonyl (C=O) groups excluding carboxylic acids is 1. The van der Waals surface area contributed by atoms with Crippen molar-refractivity contribution in [3.05, 3.63) is 21.9 Å². The summed E-state index contributed by atoms with van der Waals surface area (Å²) in [5, 5.41) is 20.4. The molecule has 1 aromatic heterocycles. The summed E-state index contributed by atoms with van der Waals surface area (Å²) in [4.78, 5) is 29.6. The van der Waals surface area contributed by atoms with Gasteiger partial charge in [0, 0.05) is 23.4 Å². The number of aliphatic hydroxyl groups is 1. The van der Waals surface area contributed by atoms with E-state index in [1.807, 2.05) is 17.0 Å². The predicted molar refractivity (Wildman–Crippen MR) is 148 cm³/mol. The van der Waals surface area contributed by atoms with Gasteiger partial charge in [0.2, 0.25) is 5.91 Å². The number of aliphatic hydroxyl groups excluding tert-OH is 1. The first-order valence-electron chi connectivity index (χ1n) is 14.8. The summed E-state index contributed by atoms with van der Waals surface area (Å²) in [5.74, 6) is -0.332. The molecule has 1 saturated heterocycles. The van der Waals surface area contributed by atoms with Crippen molar-refractivity contribution in [2.75, 3.05) is 11.5 Å². The highest BCUT2D eigenvalue weighted by atomic mass is 32.1. The summed E-state index contributed by atoms with van der Waals surface area (Å²) in [6, 6.07) is 1.88. The minimum atomic E-state index is -0.991. The maximum Gasteiger partial charge on any atom is 0.348 e. The van der Waals surface area contributed by atoms with Crippen molar-refractivity contribution in [2.45, 2.75) is 121 Å². The number of carboxylic acids is 1. The van der Waals surface area contributed by atoms with Crippen molar-refractivity contribution in [2.24, 2.45) is 11.8 Å². The van der Waals surface area contributed by atoms with Crippen molar-refractivity contribution < 1.29 is 29.3 Å². The van der Waals surface area contributed by atoms with Gasteiger partial charge in [-0.15, -0.1) is 11.3 Å². The Morgan fingerprint density at radius 1 is 1.00 bits per heavy atom. The molecule has 2 unspecified atom stereocenters. The number of aromatic carboxylic acids is 1. The second-order valence-electron chi connectivity index (χ2n) is 11.8. The summed E-state index contributed by atoms with van der Waals surface area (Å²) in [6.45, 7) is 3.00. The van der Waals surface area contributed by atoms with Crippen LogP contribution in [0.15, 0.2) is 12.1 Å². The lowest BCUT2D eigenvalue weighted by Crippen LogP contribution is -2.47. The number of hydrogen-bond donors (Lipinski definition) is 2. The Labute approximate surface area is 230 Å². The van der Waals surface area contributed by atoms with E-state index >= 15 is 0 Å². The Kier molecular flexibility index (Phi) is 9.24. The first-order chi connectivity index (χ1) is 18.4. The number of amides is 1. The average Bonchev–Trinajstić information content (AvgIpc) is 3.36. The van der Waals surface area contributed by atoms with Crippen molar-refractivity contribution in [3.8, 4) is 0 Å². The van der Waals surface area contributed by atoms with Crippen LogP contribution < -0.4 is 4.90 Å². The molecule has 0 aromatic carbocycles. The van der Waals surface area contributed by atoms with E-state index in [2.05, 4.69) is 6.92 Å². The number of carbonyl (C=O) groups is 2. The standard InChI is InChI=1S/C30H43NO6S/c1-19-8-10-20(11-9-19)29(33)31(22-12-14-24(15-13-22)37-27-7-2-3-16-36-27)25-18-26(38-28(25)30(34)35)21-5-4-6-23(32)17-21/h17-20,22-24,27,32H,2-16H2,1H3,(H,34,35)/t19-,20-,22-,23?,24-,27?. The molecular formula is C30H43NO6S. The fourth-order valence-corrected chi connectivity index (χ4v) is 7.69. The quantitative estimate of drug-likeness (QED) is 0.412. The van der Waals surface area contributed by atoms with Gasteiger partial charge >= 0.3 is 5.97 Å². The van der Waals surface area contributed by atoms with Crippen LogP contribution in [-0.4, -0.2) is 53.2 Å². The normalized spacial score (nSPS) is 32.4. The van der Waals surface area contributed by atoms with E-state index in [0.29, 0.717) is 11.6 Å². The van der Waals surface area contributed by atoms with E-state index in [0.717, 1.165) is 107 Å². The zero-order valence-corrected chi connectivity index (χ0v) is 23.4. The van der Waals surface area contributed by atoms with Crippen LogP contribution in [0.25, 0.3) is 5.57 Å². The number of allylic oxidation sites excluding steroid dienone is 1. The molecular weight excluding hydrogens is 502 g/mol. The molecule has 2 saturated carbocycles. The molecule has 4 aliphatic rings. The van der Waals surface area contributed by atoms with Gasteiger partial charge in [-0.2, -0.15) is 0 Å². The number of rotatable bonds is 7. The van der Waals surface area contributed by atoms with Crippen LogP contribution in [0.4, 0.5) is 5.69 Å². The van der Waals surface area contributed by atoms with Gasteiger partial charge < -0.3 is 24.6 Å². The van der Waals surface area contributed by atoms with E-state index in [1.54, 1.807) is 0 Å². The van der Waals surface area contributed by atoms with Crippen LogP contribution in [0.5, 0.6) is 0 Å². The molecule has 2 heterocycles. The summed E-state index contributed by atoms with van der Waals surface area (Å²) >= 11 is 1.24. The molecule has 8 heteroatoms. The second kappa shape index (κ2) is 12.6. The lowest BCUT2D eigenvalue weighted by Gasteiger charge is -2.40. The van der Waals surface area contributed by atoms with Crippen LogP contribution in [0.1, 0.15) is 111 Å². The molecule has 2 atom stereocenters. The molecule has 1 amide bonds. The first-order valence-corrected chi connectivity index (χ1v) is 15.6. The molecule has 210 valence electrons. The smallest absolute Gasteiger partial charge is 0.348 e. The highest BCUT2D eigenvalue weighted by Crippen LogP contribution is 2.42. The lowest BCUT2D eigenvalue weighted by atomic mass is 9.81. The third-order valence-electron chi connectivity index (χ3n) is 8.92. The molecule has 3 fully saturated rings. The van der Waals surface area contributed by atoms with Gasteiger partial charge in [-0.1, -0.05) is 13.0 Å². The van der Waals surface area contributed by atoms with E-state index in [9.17, 15) is 19.8 Å². The Bertz CT molecular complexity index is 998. The Balaban J connectivity index is 1.40. The zero-order chi connectivity index (χ0) is 26.6. The molecule has 1 aromatic rings. The number of anilines is 1. The Hall–Kier alpha value is -1.74. The molecule has 0 radical (unpaired) electrons. The predicted octanol–water partition coefficient (Wildman–Crippen LogP) is 6.39. The molecule has 7 nitrogen and oxygen atoms in total. The third-order valence-corrected chi connectivity index (χ3v) is 10.1.